The molecule has 2 aliphatic heterocycles. The Kier molecular flexibility index (Phi) is 5.26. The molecule has 0 radical (unpaired) electrons. The third kappa shape index (κ3) is 3.45. The second-order valence-corrected chi connectivity index (χ2v) is 10.5. The average molecular weight is 579 g/mol. The largest absolute Gasteiger partial charge is 0.478 e. The van der Waals surface area contributed by atoms with Gasteiger partial charge in [-0.25, -0.2) is 9.59 Å². The maximum atomic E-state index is 13.8. The quantitative estimate of drug-likeness (QED) is 0.116. The van der Waals surface area contributed by atoms with Crippen molar-refractivity contribution in [3.63, 3.8) is 0 Å². The molecule has 210 valence electrons. The molecule has 0 unspecified atom stereocenters. The second kappa shape index (κ2) is 9.11. The standard InChI is InChI=1S/C36H18O8/c37-33(19-5-1-3-7-23(19)35(39)40)21-11-15-25-29-17(21)9-13-27-31(29)32-28(43-25)14-10-18-22(12-16-26(44-27)30(18)32)34(38)20-6-2-4-8-24(20)36(41)42/h1-16H,(H,39,40)(H,41,42). The number of hydrogen-bond acceptors (Lipinski definition) is 6. The number of benzene rings is 6. The molecular weight excluding hydrogens is 560 g/mol. The molecule has 0 amide bonds. The van der Waals surface area contributed by atoms with Crippen molar-refractivity contribution in [3.8, 4) is 11.1 Å². The summed E-state index contributed by atoms with van der Waals surface area (Å²) in [6, 6.07) is 25.8. The lowest BCUT2D eigenvalue weighted by molar-refractivity contribution is 0.0683. The van der Waals surface area contributed by atoms with Crippen LogP contribution in [0.3, 0.4) is 0 Å². The van der Waals surface area contributed by atoms with Crippen LogP contribution in [0.1, 0.15) is 52.6 Å². The van der Waals surface area contributed by atoms with Crippen LogP contribution in [0.2, 0.25) is 0 Å². The van der Waals surface area contributed by atoms with Crippen LogP contribution in [0.5, 0.6) is 0 Å². The van der Waals surface area contributed by atoms with Crippen molar-refractivity contribution in [1.29, 1.82) is 0 Å². The number of rotatable bonds is 6. The fourth-order valence-electron chi connectivity index (χ4n) is 6.29. The first kappa shape index (κ1) is 25.4. The summed E-state index contributed by atoms with van der Waals surface area (Å²) in [7, 11) is 0. The molecule has 2 aliphatic rings. The van der Waals surface area contributed by atoms with Crippen LogP contribution in [-0.2, 0) is 0 Å². The molecule has 8 rings (SSSR count). The number of hydrogen-bond donors (Lipinski definition) is 2. The number of carboxylic acids is 2. The summed E-state index contributed by atoms with van der Waals surface area (Å²) < 4.78 is 12.7. The van der Waals surface area contributed by atoms with Gasteiger partial charge in [0.25, 0.3) is 0 Å². The Morgan fingerprint density at radius 3 is 1.16 bits per heavy atom. The number of aromatic carboxylic acids is 2. The highest BCUT2D eigenvalue weighted by atomic mass is 16.4. The van der Waals surface area contributed by atoms with E-state index < -0.39 is 23.5 Å². The molecular formula is C36H18O8. The van der Waals surface area contributed by atoms with E-state index in [1.165, 1.54) is 24.3 Å². The molecule has 0 aliphatic carbocycles. The summed E-state index contributed by atoms with van der Waals surface area (Å²) in [6.45, 7) is 0. The third-order valence-electron chi connectivity index (χ3n) is 8.19. The second-order valence-electron chi connectivity index (χ2n) is 10.5. The van der Waals surface area contributed by atoms with Crippen molar-refractivity contribution >= 4 is 67.4 Å². The van der Waals surface area contributed by atoms with Crippen LogP contribution in [-0.4, -0.2) is 33.7 Å². The van der Waals surface area contributed by atoms with Gasteiger partial charge in [0.1, 0.15) is 22.3 Å². The van der Waals surface area contributed by atoms with Gasteiger partial charge in [0.2, 0.25) is 0 Å². The number of carbonyl (C=O) groups is 4. The van der Waals surface area contributed by atoms with Gasteiger partial charge in [-0.2, -0.15) is 0 Å². The third-order valence-corrected chi connectivity index (χ3v) is 8.19. The van der Waals surface area contributed by atoms with Gasteiger partial charge in [-0.1, -0.05) is 36.4 Å². The lowest BCUT2D eigenvalue weighted by atomic mass is 9.86. The first-order valence-electron chi connectivity index (χ1n) is 13.6. The molecule has 0 atom stereocenters. The Morgan fingerprint density at radius 1 is 0.409 bits per heavy atom. The highest BCUT2D eigenvalue weighted by Crippen LogP contribution is 2.49. The van der Waals surface area contributed by atoms with Crippen molar-refractivity contribution in [2.75, 3.05) is 0 Å². The fraction of sp³-hybridized carbons (Fsp3) is 0. The monoisotopic (exact) mass is 578 g/mol. The highest BCUT2D eigenvalue weighted by molar-refractivity contribution is 6.30. The highest BCUT2D eigenvalue weighted by Gasteiger charge is 2.29. The zero-order valence-corrected chi connectivity index (χ0v) is 22.6. The Labute approximate surface area is 247 Å². The van der Waals surface area contributed by atoms with E-state index in [1.807, 2.05) is 0 Å². The summed E-state index contributed by atoms with van der Waals surface area (Å²) in [6.07, 6.45) is 0. The van der Waals surface area contributed by atoms with E-state index in [0.717, 1.165) is 0 Å². The molecule has 6 aromatic carbocycles. The molecule has 8 heteroatoms. The van der Waals surface area contributed by atoms with Crippen LogP contribution in [0.4, 0.5) is 0 Å². The van der Waals surface area contributed by atoms with Gasteiger partial charge in [-0.05, 0) is 71.4 Å². The molecule has 0 bridgehead atoms. The van der Waals surface area contributed by atoms with Crippen LogP contribution in [0.25, 0.3) is 55.0 Å². The van der Waals surface area contributed by atoms with E-state index in [2.05, 4.69) is 0 Å². The maximum absolute atomic E-state index is 13.8. The first-order chi connectivity index (χ1) is 21.3. The number of ketones is 2. The number of carboxylic acid groups (broad SMARTS) is 2. The lowest BCUT2D eigenvalue weighted by Gasteiger charge is -2.21. The van der Waals surface area contributed by atoms with Crippen molar-refractivity contribution < 1.29 is 38.2 Å². The Bertz CT molecular complexity index is 2320. The van der Waals surface area contributed by atoms with Gasteiger partial charge in [0.05, 0.1) is 11.1 Å². The SMILES string of the molecule is O=C(O)c1ccccc1C(=O)c1ccc2oc3ccc4c(C(=O)c5ccccc5C(=O)O)ccc5oc6ccc1c2c6-c3c54. The van der Waals surface area contributed by atoms with Crippen molar-refractivity contribution in [2.45, 2.75) is 0 Å². The van der Waals surface area contributed by atoms with E-state index in [4.69, 9.17) is 8.83 Å². The van der Waals surface area contributed by atoms with E-state index in [1.54, 1.807) is 72.8 Å². The topological polar surface area (TPSA) is 135 Å². The summed E-state index contributed by atoms with van der Waals surface area (Å²) >= 11 is 0. The van der Waals surface area contributed by atoms with Crippen LogP contribution >= 0.6 is 0 Å². The summed E-state index contributed by atoms with van der Waals surface area (Å²) in [4.78, 5) is 51.3. The fourth-order valence-corrected chi connectivity index (χ4v) is 6.29. The Balaban J connectivity index is 1.40. The molecule has 8 nitrogen and oxygen atoms in total. The summed E-state index contributed by atoms with van der Waals surface area (Å²) in [5.41, 5.74) is 4.01. The van der Waals surface area contributed by atoms with Crippen LogP contribution in [0, 0.1) is 0 Å². The van der Waals surface area contributed by atoms with Gasteiger partial charge < -0.3 is 19.0 Å². The molecule has 2 heterocycles. The Morgan fingerprint density at radius 2 is 0.773 bits per heavy atom. The van der Waals surface area contributed by atoms with Crippen LogP contribution in [0.15, 0.2) is 106 Å². The predicted octanol–water partition coefficient (Wildman–Crippen LogP) is 7.89. The Hall–Kier alpha value is -6.28. The van der Waals surface area contributed by atoms with E-state index in [-0.39, 0.29) is 22.3 Å². The summed E-state index contributed by atoms with van der Waals surface area (Å²) in [5.74, 6) is -3.29. The molecule has 6 aromatic rings. The minimum atomic E-state index is -1.20. The summed E-state index contributed by atoms with van der Waals surface area (Å²) in [5, 5.41) is 21.8. The molecule has 0 saturated heterocycles. The number of carbonyl (C=O) groups excluding carboxylic acids is 2. The molecule has 44 heavy (non-hydrogen) atoms. The lowest BCUT2D eigenvalue weighted by Crippen LogP contribution is -2.10. The van der Waals surface area contributed by atoms with Gasteiger partial charge in [-0.15, -0.1) is 0 Å². The predicted molar refractivity (Wildman–Crippen MR) is 162 cm³/mol. The van der Waals surface area contributed by atoms with Gasteiger partial charge >= 0.3 is 11.9 Å². The van der Waals surface area contributed by atoms with Crippen molar-refractivity contribution in [1.82, 2.24) is 0 Å². The zero-order valence-electron chi connectivity index (χ0n) is 22.6. The van der Waals surface area contributed by atoms with Crippen molar-refractivity contribution in [2.24, 2.45) is 0 Å². The molecule has 0 saturated carbocycles. The smallest absolute Gasteiger partial charge is 0.336 e. The van der Waals surface area contributed by atoms with Gasteiger partial charge in [0.15, 0.2) is 11.6 Å². The van der Waals surface area contributed by atoms with Gasteiger partial charge in [0, 0.05) is 44.2 Å². The maximum Gasteiger partial charge on any atom is 0.336 e. The molecule has 0 aromatic heterocycles. The average Bonchev–Trinajstić information content (AvgIpc) is 3.05. The van der Waals surface area contributed by atoms with Gasteiger partial charge in [-0.3, -0.25) is 9.59 Å². The molecule has 0 fully saturated rings. The van der Waals surface area contributed by atoms with Crippen LogP contribution < -0.4 is 0 Å². The zero-order chi connectivity index (χ0) is 30.3. The minimum Gasteiger partial charge on any atom is -0.478 e. The van der Waals surface area contributed by atoms with Crippen molar-refractivity contribution in [3.05, 3.63) is 130 Å². The normalized spacial score (nSPS) is 11.7. The molecule has 0 spiro atoms. The minimum absolute atomic E-state index is 0.0685. The van der Waals surface area contributed by atoms with E-state index in [0.29, 0.717) is 66.1 Å². The van der Waals surface area contributed by atoms with E-state index >= 15 is 0 Å². The molecule has 2 N–H and O–H groups in total. The first-order valence-corrected chi connectivity index (χ1v) is 13.6. The van der Waals surface area contributed by atoms with E-state index in [9.17, 15) is 29.4 Å².